The van der Waals surface area contributed by atoms with E-state index in [1.807, 2.05) is 24.3 Å². The number of carbonyl (C=O) groups is 1. The number of rotatable bonds is 4. The Balaban J connectivity index is 2.06. The van der Waals surface area contributed by atoms with Gasteiger partial charge in [0.25, 0.3) is 5.69 Å². The van der Waals surface area contributed by atoms with Crippen LogP contribution in [-0.4, -0.2) is 10.8 Å². The van der Waals surface area contributed by atoms with Crippen molar-refractivity contribution >= 4 is 33.2 Å². The van der Waals surface area contributed by atoms with Crippen LogP contribution in [0.2, 0.25) is 0 Å². The molecule has 0 saturated heterocycles. The highest BCUT2D eigenvalue weighted by atomic mass is 79.9. The van der Waals surface area contributed by atoms with Crippen LogP contribution in [-0.2, 0) is 11.2 Å². The summed E-state index contributed by atoms with van der Waals surface area (Å²) < 4.78 is 0.956. The van der Waals surface area contributed by atoms with E-state index in [9.17, 15) is 14.9 Å². The maximum atomic E-state index is 12.0. The lowest BCUT2D eigenvalue weighted by atomic mass is 10.1. The molecule has 2 aromatic carbocycles. The van der Waals surface area contributed by atoms with Gasteiger partial charge in [0.1, 0.15) is 0 Å². The van der Waals surface area contributed by atoms with Gasteiger partial charge < -0.3 is 5.32 Å². The molecule has 0 aromatic heterocycles. The van der Waals surface area contributed by atoms with E-state index in [0.29, 0.717) is 11.3 Å². The Morgan fingerprint density at radius 3 is 2.48 bits per heavy atom. The number of hydrogen-bond acceptors (Lipinski definition) is 3. The SMILES string of the molecule is Cc1cc([N+](=O)[O-])ccc1NC(=O)Cc1ccc(Br)cc1. The molecular weight excluding hydrogens is 336 g/mol. The quantitative estimate of drug-likeness (QED) is 0.673. The predicted octanol–water partition coefficient (Wildman–Crippen LogP) is 3.85. The number of benzene rings is 2. The zero-order valence-corrected chi connectivity index (χ0v) is 12.9. The Labute approximate surface area is 130 Å². The number of aryl methyl sites for hydroxylation is 1. The highest BCUT2D eigenvalue weighted by molar-refractivity contribution is 9.10. The van der Waals surface area contributed by atoms with Gasteiger partial charge in [-0.3, -0.25) is 14.9 Å². The van der Waals surface area contributed by atoms with E-state index in [1.165, 1.54) is 12.1 Å². The van der Waals surface area contributed by atoms with Crippen LogP contribution in [0.3, 0.4) is 0 Å². The van der Waals surface area contributed by atoms with Gasteiger partial charge in [0.05, 0.1) is 11.3 Å². The van der Waals surface area contributed by atoms with Gasteiger partial charge in [-0.05, 0) is 36.2 Å². The lowest BCUT2D eigenvalue weighted by molar-refractivity contribution is -0.384. The summed E-state index contributed by atoms with van der Waals surface area (Å²) in [7, 11) is 0. The lowest BCUT2D eigenvalue weighted by Crippen LogP contribution is -2.15. The number of nitro groups is 1. The fraction of sp³-hybridized carbons (Fsp3) is 0.133. The summed E-state index contributed by atoms with van der Waals surface area (Å²) >= 11 is 3.34. The molecule has 0 bridgehead atoms. The van der Waals surface area contributed by atoms with Crippen LogP contribution in [0.1, 0.15) is 11.1 Å². The lowest BCUT2D eigenvalue weighted by Gasteiger charge is -2.08. The summed E-state index contributed by atoms with van der Waals surface area (Å²) in [4.78, 5) is 22.2. The van der Waals surface area contributed by atoms with Gasteiger partial charge in [-0.25, -0.2) is 0 Å². The molecule has 0 aliphatic carbocycles. The molecule has 0 aliphatic rings. The van der Waals surface area contributed by atoms with Crippen LogP contribution in [0, 0.1) is 17.0 Å². The number of hydrogen-bond donors (Lipinski definition) is 1. The molecule has 0 heterocycles. The number of anilines is 1. The maximum absolute atomic E-state index is 12.0. The first-order valence-corrected chi connectivity index (χ1v) is 7.04. The molecule has 6 heteroatoms. The fourth-order valence-electron chi connectivity index (χ4n) is 1.88. The molecule has 2 rings (SSSR count). The molecule has 1 amide bonds. The van der Waals surface area contributed by atoms with Crippen LogP contribution < -0.4 is 5.32 Å². The minimum atomic E-state index is -0.458. The van der Waals surface area contributed by atoms with Crippen molar-refractivity contribution in [3.05, 3.63) is 68.2 Å². The van der Waals surface area contributed by atoms with Crippen LogP contribution in [0.15, 0.2) is 46.9 Å². The molecule has 0 aliphatic heterocycles. The van der Waals surface area contributed by atoms with E-state index in [1.54, 1.807) is 13.0 Å². The van der Waals surface area contributed by atoms with Crippen LogP contribution in [0.5, 0.6) is 0 Å². The van der Waals surface area contributed by atoms with Gasteiger partial charge in [-0.1, -0.05) is 28.1 Å². The number of halogens is 1. The maximum Gasteiger partial charge on any atom is 0.269 e. The fourth-order valence-corrected chi connectivity index (χ4v) is 2.15. The largest absolute Gasteiger partial charge is 0.326 e. The first-order valence-electron chi connectivity index (χ1n) is 6.25. The first-order chi connectivity index (χ1) is 9.95. The van der Waals surface area contributed by atoms with E-state index < -0.39 is 4.92 Å². The van der Waals surface area contributed by atoms with Crippen molar-refractivity contribution in [2.45, 2.75) is 13.3 Å². The summed E-state index contributed by atoms with van der Waals surface area (Å²) in [5.74, 6) is -0.158. The van der Waals surface area contributed by atoms with Crippen LogP contribution >= 0.6 is 15.9 Å². The van der Waals surface area contributed by atoms with Crippen molar-refractivity contribution < 1.29 is 9.72 Å². The summed E-state index contributed by atoms with van der Waals surface area (Å²) in [6.07, 6.45) is 0.254. The molecule has 21 heavy (non-hydrogen) atoms. The first kappa shape index (κ1) is 15.2. The van der Waals surface area contributed by atoms with Crippen LogP contribution in [0.4, 0.5) is 11.4 Å². The van der Waals surface area contributed by atoms with Crippen molar-refractivity contribution in [2.24, 2.45) is 0 Å². The second-order valence-electron chi connectivity index (χ2n) is 4.61. The third-order valence-electron chi connectivity index (χ3n) is 2.97. The molecule has 0 unspecified atom stereocenters. The highest BCUT2D eigenvalue weighted by Gasteiger charge is 2.10. The van der Waals surface area contributed by atoms with Crippen LogP contribution in [0.25, 0.3) is 0 Å². The Kier molecular flexibility index (Phi) is 4.70. The summed E-state index contributed by atoms with van der Waals surface area (Å²) in [6, 6.07) is 11.8. The third kappa shape index (κ3) is 4.13. The number of nitrogens with zero attached hydrogens (tertiary/aromatic N) is 1. The Bertz CT molecular complexity index is 684. The van der Waals surface area contributed by atoms with Crippen molar-refractivity contribution in [1.29, 1.82) is 0 Å². The van der Waals surface area contributed by atoms with Gasteiger partial charge >= 0.3 is 0 Å². The average Bonchev–Trinajstić information content (AvgIpc) is 2.43. The number of non-ortho nitro benzene ring substituents is 1. The summed E-state index contributed by atoms with van der Waals surface area (Å²) in [6.45, 7) is 1.72. The molecule has 108 valence electrons. The minimum absolute atomic E-state index is 0.0124. The van der Waals surface area contributed by atoms with Gasteiger partial charge in [0.2, 0.25) is 5.91 Å². The number of nitrogens with one attached hydrogen (secondary N) is 1. The Hall–Kier alpha value is -2.21. The van der Waals surface area contributed by atoms with E-state index in [4.69, 9.17) is 0 Å². The van der Waals surface area contributed by atoms with Crippen molar-refractivity contribution in [2.75, 3.05) is 5.32 Å². The van der Waals surface area contributed by atoms with Gasteiger partial charge in [0.15, 0.2) is 0 Å². The molecular formula is C15H13BrN2O3. The molecule has 0 saturated carbocycles. The molecule has 5 nitrogen and oxygen atoms in total. The standard InChI is InChI=1S/C15H13BrN2O3/c1-10-8-13(18(20)21)6-7-14(10)17-15(19)9-11-2-4-12(16)5-3-11/h2-8H,9H2,1H3,(H,17,19). The molecule has 1 N–H and O–H groups in total. The van der Waals surface area contributed by atoms with Crippen molar-refractivity contribution in [3.63, 3.8) is 0 Å². The van der Waals surface area contributed by atoms with E-state index >= 15 is 0 Å². The van der Waals surface area contributed by atoms with Gasteiger partial charge in [0, 0.05) is 22.3 Å². The summed E-state index contributed by atoms with van der Waals surface area (Å²) in [5.41, 5.74) is 2.16. The smallest absolute Gasteiger partial charge is 0.269 e. The monoisotopic (exact) mass is 348 g/mol. The van der Waals surface area contributed by atoms with Gasteiger partial charge in [-0.2, -0.15) is 0 Å². The van der Waals surface area contributed by atoms with E-state index in [-0.39, 0.29) is 18.0 Å². The second-order valence-corrected chi connectivity index (χ2v) is 5.52. The molecule has 0 fully saturated rings. The molecule has 0 spiro atoms. The third-order valence-corrected chi connectivity index (χ3v) is 3.50. The molecule has 0 atom stereocenters. The normalized spacial score (nSPS) is 10.2. The molecule has 2 aromatic rings. The Morgan fingerprint density at radius 1 is 1.24 bits per heavy atom. The molecule has 0 radical (unpaired) electrons. The zero-order valence-electron chi connectivity index (χ0n) is 11.3. The number of nitro benzene ring substituents is 1. The van der Waals surface area contributed by atoms with Crippen molar-refractivity contribution in [1.82, 2.24) is 0 Å². The number of carbonyl (C=O) groups excluding carboxylic acids is 1. The topological polar surface area (TPSA) is 72.2 Å². The second kappa shape index (κ2) is 6.49. The van der Waals surface area contributed by atoms with Crippen molar-refractivity contribution in [3.8, 4) is 0 Å². The highest BCUT2D eigenvalue weighted by Crippen LogP contribution is 2.21. The minimum Gasteiger partial charge on any atom is -0.326 e. The van der Waals surface area contributed by atoms with Gasteiger partial charge in [-0.15, -0.1) is 0 Å². The van der Waals surface area contributed by atoms with E-state index in [0.717, 1.165) is 10.0 Å². The number of amides is 1. The predicted molar refractivity (Wildman–Crippen MR) is 84.3 cm³/mol. The Morgan fingerprint density at radius 2 is 1.90 bits per heavy atom. The zero-order chi connectivity index (χ0) is 15.4. The van der Waals surface area contributed by atoms with E-state index in [2.05, 4.69) is 21.2 Å². The average molecular weight is 349 g/mol. The summed E-state index contributed by atoms with van der Waals surface area (Å²) in [5, 5.41) is 13.4.